The van der Waals surface area contributed by atoms with Crippen molar-refractivity contribution in [3.05, 3.63) is 36.3 Å². The van der Waals surface area contributed by atoms with Gasteiger partial charge in [-0.25, -0.2) is 0 Å². The molecule has 1 aliphatic heterocycles. The number of tetrazole rings is 1. The van der Waals surface area contributed by atoms with E-state index in [4.69, 9.17) is 10.4 Å². The number of aromatic amines is 1. The number of benzene rings is 1. The minimum absolute atomic E-state index is 0.00824. The van der Waals surface area contributed by atoms with Gasteiger partial charge in [-0.3, -0.25) is 9.59 Å². The molecule has 1 fully saturated rings. The number of amides is 1. The Morgan fingerprint density at radius 1 is 1.44 bits per heavy atom. The van der Waals surface area contributed by atoms with Gasteiger partial charge >= 0.3 is 5.97 Å². The second-order valence-corrected chi connectivity index (χ2v) is 5.34. The van der Waals surface area contributed by atoms with Crippen LogP contribution in [0.2, 0.25) is 0 Å². The van der Waals surface area contributed by atoms with E-state index in [1.165, 1.54) is 11.1 Å². The fourth-order valence-electron chi connectivity index (χ4n) is 2.44. The Balaban J connectivity index is 1.70. The van der Waals surface area contributed by atoms with Crippen molar-refractivity contribution in [2.45, 2.75) is 6.42 Å². The van der Waals surface area contributed by atoms with E-state index >= 15 is 0 Å². The van der Waals surface area contributed by atoms with Crippen molar-refractivity contribution in [2.24, 2.45) is 5.92 Å². The van der Waals surface area contributed by atoms with E-state index in [2.05, 4.69) is 25.9 Å². The second kappa shape index (κ2) is 6.79. The first-order valence-electron chi connectivity index (χ1n) is 7.32. The van der Waals surface area contributed by atoms with Gasteiger partial charge in [0.2, 0.25) is 11.7 Å². The van der Waals surface area contributed by atoms with Crippen molar-refractivity contribution in [2.75, 3.05) is 16.8 Å². The third-order valence-corrected chi connectivity index (χ3v) is 3.74. The van der Waals surface area contributed by atoms with Crippen LogP contribution in [-0.4, -0.2) is 44.2 Å². The number of carbonyl (C=O) groups is 2. The van der Waals surface area contributed by atoms with Gasteiger partial charge in [0.25, 0.3) is 0 Å². The summed E-state index contributed by atoms with van der Waals surface area (Å²) >= 11 is 0. The highest BCUT2D eigenvalue weighted by atomic mass is 16.4. The predicted octanol–water partition coefficient (Wildman–Crippen LogP) is 0.614. The van der Waals surface area contributed by atoms with Crippen molar-refractivity contribution in [1.29, 1.82) is 5.26 Å². The van der Waals surface area contributed by atoms with Gasteiger partial charge in [-0.05, 0) is 29.5 Å². The predicted molar refractivity (Wildman–Crippen MR) is 85.9 cm³/mol. The number of nitrogens with zero attached hydrogens (tertiary/aromatic N) is 5. The van der Waals surface area contributed by atoms with E-state index < -0.39 is 11.9 Å². The average molecular weight is 339 g/mol. The molecule has 1 aromatic carbocycles. The molecule has 0 bridgehead atoms. The maximum atomic E-state index is 11.9. The summed E-state index contributed by atoms with van der Waals surface area (Å²) in [5, 5.41) is 34.2. The molecule has 25 heavy (non-hydrogen) atoms. The lowest BCUT2D eigenvalue weighted by Gasteiger charge is -2.16. The number of aliphatic carboxylic acids is 1. The number of anilines is 2. The Morgan fingerprint density at radius 3 is 2.76 bits per heavy atom. The summed E-state index contributed by atoms with van der Waals surface area (Å²) in [6.45, 7) is 0.164. The Labute approximate surface area is 141 Å². The van der Waals surface area contributed by atoms with Crippen molar-refractivity contribution in [3.8, 4) is 6.07 Å². The summed E-state index contributed by atoms with van der Waals surface area (Å²) < 4.78 is 0. The van der Waals surface area contributed by atoms with Crippen LogP contribution in [0, 0.1) is 17.2 Å². The third-order valence-electron chi connectivity index (χ3n) is 3.74. The van der Waals surface area contributed by atoms with Gasteiger partial charge in [-0.15, -0.1) is 10.2 Å². The molecule has 1 aromatic heterocycles. The van der Waals surface area contributed by atoms with Gasteiger partial charge in [0.15, 0.2) is 0 Å². The number of carbonyl (C=O) groups excluding carboxylic acids is 1. The normalized spacial score (nSPS) is 17.4. The van der Waals surface area contributed by atoms with Crippen molar-refractivity contribution in [3.63, 3.8) is 0 Å². The summed E-state index contributed by atoms with van der Waals surface area (Å²) in [4.78, 5) is 24.4. The summed E-state index contributed by atoms with van der Waals surface area (Å²) in [6.07, 6.45) is 1.45. The monoisotopic (exact) mass is 339 g/mol. The highest BCUT2D eigenvalue weighted by Gasteiger charge is 2.34. The van der Waals surface area contributed by atoms with E-state index in [1.807, 2.05) is 6.07 Å². The molecule has 1 atom stereocenters. The Hall–Kier alpha value is -3.74. The molecule has 2 heterocycles. The van der Waals surface area contributed by atoms with Crippen LogP contribution in [0.1, 0.15) is 12.2 Å². The number of allylic oxidation sites excluding steroid dienone is 1. The fraction of sp³-hybridized carbons (Fsp3) is 0.200. The standard InChI is InChI=1S/C15H13N7O3/c16-6-10(14-18-20-21-19-14)7-17-11-1-3-12(4-2-11)22-8-9(15(24)25)5-13(22)23/h1-4,7,9,17H,5,8H2,(H,24,25)(H,18,19,20,21). The van der Waals surface area contributed by atoms with Crippen LogP contribution in [-0.2, 0) is 9.59 Å². The molecule has 10 heteroatoms. The number of rotatable bonds is 5. The number of nitriles is 1. The highest BCUT2D eigenvalue weighted by Crippen LogP contribution is 2.26. The number of carboxylic acid groups (broad SMARTS) is 1. The van der Waals surface area contributed by atoms with E-state index in [0.29, 0.717) is 11.4 Å². The van der Waals surface area contributed by atoms with Gasteiger partial charge < -0.3 is 15.3 Å². The molecule has 1 amide bonds. The highest BCUT2D eigenvalue weighted by molar-refractivity contribution is 5.99. The zero-order valence-corrected chi connectivity index (χ0v) is 12.9. The lowest BCUT2D eigenvalue weighted by Crippen LogP contribution is -2.25. The summed E-state index contributed by atoms with van der Waals surface area (Å²) in [7, 11) is 0. The topological polar surface area (TPSA) is 148 Å². The molecule has 1 saturated heterocycles. The number of hydrogen-bond acceptors (Lipinski definition) is 7. The van der Waals surface area contributed by atoms with Crippen LogP contribution in [0.5, 0.6) is 0 Å². The molecule has 3 N–H and O–H groups in total. The zero-order chi connectivity index (χ0) is 17.8. The second-order valence-electron chi connectivity index (χ2n) is 5.34. The largest absolute Gasteiger partial charge is 0.481 e. The molecule has 3 rings (SSSR count). The van der Waals surface area contributed by atoms with Gasteiger partial charge in [0.05, 0.1) is 5.92 Å². The molecular weight excluding hydrogens is 326 g/mol. The SMILES string of the molecule is N#CC(=CNc1ccc(N2CC(C(=O)O)CC2=O)cc1)c1nn[nH]n1. The van der Waals surface area contributed by atoms with Gasteiger partial charge in [-0.1, -0.05) is 0 Å². The molecule has 1 unspecified atom stereocenters. The van der Waals surface area contributed by atoms with Crippen LogP contribution in [0.4, 0.5) is 11.4 Å². The van der Waals surface area contributed by atoms with E-state index in [0.717, 1.165) is 0 Å². The first kappa shape index (κ1) is 16.1. The van der Waals surface area contributed by atoms with E-state index in [1.54, 1.807) is 24.3 Å². The van der Waals surface area contributed by atoms with E-state index in [9.17, 15) is 9.59 Å². The maximum Gasteiger partial charge on any atom is 0.308 e. The Morgan fingerprint density at radius 2 is 2.20 bits per heavy atom. The smallest absolute Gasteiger partial charge is 0.308 e. The van der Waals surface area contributed by atoms with Gasteiger partial charge in [0.1, 0.15) is 11.6 Å². The van der Waals surface area contributed by atoms with Crippen LogP contribution in [0.25, 0.3) is 5.57 Å². The lowest BCUT2D eigenvalue weighted by molar-refractivity contribution is -0.141. The molecule has 0 aliphatic carbocycles. The average Bonchev–Trinajstić information content (AvgIpc) is 3.26. The van der Waals surface area contributed by atoms with Crippen molar-refractivity contribution < 1.29 is 14.7 Å². The maximum absolute atomic E-state index is 11.9. The number of H-pyrrole nitrogens is 1. The molecule has 10 nitrogen and oxygen atoms in total. The molecule has 2 aromatic rings. The molecule has 126 valence electrons. The number of nitrogens with one attached hydrogen (secondary N) is 2. The van der Waals surface area contributed by atoms with Crippen molar-refractivity contribution >= 4 is 28.8 Å². The first-order chi connectivity index (χ1) is 12.1. The fourth-order valence-corrected chi connectivity index (χ4v) is 2.44. The number of hydrogen-bond donors (Lipinski definition) is 3. The van der Waals surface area contributed by atoms with Crippen molar-refractivity contribution in [1.82, 2.24) is 20.6 Å². The molecule has 0 radical (unpaired) electrons. The summed E-state index contributed by atoms with van der Waals surface area (Å²) in [6, 6.07) is 8.81. The van der Waals surface area contributed by atoms with Crippen LogP contribution in [0.15, 0.2) is 30.5 Å². The van der Waals surface area contributed by atoms with Crippen LogP contribution in [0.3, 0.4) is 0 Å². The molecule has 0 spiro atoms. The molecule has 0 saturated carbocycles. The zero-order valence-electron chi connectivity index (χ0n) is 12.9. The summed E-state index contributed by atoms with van der Waals surface area (Å²) in [5.41, 5.74) is 1.51. The van der Waals surface area contributed by atoms with Gasteiger partial charge in [-0.2, -0.15) is 10.5 Å². The van der Waals surface area contributed by atoms with E-state index in [-0.39, 0.29) is 30.3 Å². The third kappa shape index (κ3) is 3.45. The quantitative estimate of drug-likeness (QED) is 0.671. The molecule has 1 aliphatic rings. The molecular formula is C15H13N7O3. The summed E-state index contributed by atoms with van der Waals surface area (Å²) in [5.74, 6) is -1.68. The minimum atomic E-state index is -0.968. The van der Waals surface area contributed by atoms with Gasteiger partial charge in [0, 0.05) is 30.5 Å². The lowest BCUT2D eigenvalue weighted by atomic mass is 10.1. The number of aromatic nitrogens is 4. The minimum Gasteiger partial charge on any atom is -0.481 e. The Bertz CT molecular complexity index is 852. The van der Waals surface area contributed by atoms with Crippen LogP contribution >= 0.6 is 0 Å². The van der Waals surface area contributed by atoms with Crippen LogP contribution < -0.4 is 10.2 Å². The first-order valence-corrected chi connectivity index (χ1v) is 7.32. The Kier molecular flexibility index (Phi) is 4.38. The number of carboxylic acids is 1.